The molecule has 0 aliphatic carbocycles. The molecule has 1 atom stereocenters. The molecule has 0 saturated carbocycles. The van der Waals surface area contributed by atoms with Crippen LogP contribution < -0.4 is 4.74 Å². The second-order valence-corrected chi connectivity index (χ2v) is 6.33. The molecule has 12 heteroatoms. The minimum Gasteiger partial charge on any atom is -0.477 e. The van der Waals surface area contributed by atoms with Crippen molar-refractivity contribution < 1.29 is 40.6 Å². The van der Waals surface area contributed by atoms with Crippen LogP contribution in [0.25, 0.3) is 11.6 Å². The molecule has 3 heterocycles. The molecular weight excluding hydrogens is 396 g/mol. The van der Waals surface area contributed by atoms with Gasteiger partial charge in [-0.25, -0.2) is 4.98 Å². The highest BCUT2D eigenvalue weighted by Gasteiger charge is 2.58. The average molecular weight is 411 g/mol. The number of halogens is 6. The van der Waals surface area contributed by atoms with Gasteiger partial charge in [-0.3, -0.25) is 0 Å². The summed E-state index contributed by atoms with van der Waals surface area (Å²) in [5.41, 5.74) is -4.79. The van der Waals surface area contributed by atoms with Gasteiger partial charge in [0.2, 0.25) is 11.5 Å². The molecule has 2 aromatic heterocycles. The van der Waals surface area contributed by atoms with Crippen LogP contribution in [0.2, 0.25) is 0 Å². The predicted octanol–water partition coefficient (Wildman–Crippen LogP) is 4.24. The van der Waals surface area contributed by atoms with Crippen LogP contribution in [0, 0.1) is 0 Å². The Morgan fingerprint density at radius 1 is 0.964 bits per heavy atom. The summed E-state index contributed by atoms with van der Waals surface area (Å²) in [7, 11) is 0. The maximum absolute atomic E-state index is 13.4. The number of rotatable bonds is 0. The largest absolute Gasteiger partial charge is 0.477 e. The molecule has 0 saturated heterocycles. The Balaban J connectivity index is 2.08. The van der Waals surface area contributed by atoms with Gasteiger partial charge >= 0.3 is 12.4 Å². The Kier molecular flexibility index (Phi) is 5.26. The summed E-state index contributed by atoms with van der Waals surface area (Å²) < 4.78 is 89.8. The van der Waals surface area contributed by atoms with E-state index >= 15 is 0 Å². The van der Waals surface area contributed by atoms with Crippen molar-refractivity contribution in [3.8, 4) is 17.5 Å². The Hall–Kier alpha value is -2.37. The van der Waals surface area contributed by atoms with Crippen molar-refractivity contribution in [3.63, 3.8) is 0 Å². The van der Waals surface area contributed by atoms with Crippen molar-refractivity contribution in [2.45, 2.75) is 50.1 Å². The lowest BCUT2D eigenvalue weighted by Crippen LogP contribution is -2.42. The Labute approximate surface area is 154 Å². The number of nitrogens with zero attached hydrogens (tertiary/aromatic N) is 3. The summed E-state index contributed by atoms with van der Waals surface area (Å²) in [5, 5.41) is 16.9. The second kappa shape index (κ2) is 7.22. The van der Waals surface area contributed by atoms with Crippen molar-refractivity contribution in [1.29, 1.82) is 0 Å². The van der Waals surface area contributed by atoms with Crippen LogP contribution in [0.5, 0.6) is 5.88 Å². The summed E-state index contributed by atoms with van der Waals surface area (Å²) in [6.45, 7) is -0.0991. The number of pyridine rings is 1. The smallest absolute Gasteiger partial charge is 0.426 e. The second-order valence-electron chi connectivity index (χ2n) is 6.33. The molecular formula is C16H15F6N3O3. The summed E-state index contributed by atoms with van der Waals surface area (Å²) in [5.74, 6) is -2.38. The van der Waals surface area contributed by atoms with E-state index in [0.29, 0.717) is 25.3 Å². The number of alkyl halides is 6. The van der Waals surface area contributed by atoms with Gasteiger partial charge in [-0.15, -0.1) is 10.2 Å². The molecule has 0 amide bonds. The molecule has 0 spiro atoms. The third-order valence-corrected chi connectivity index (χ3v) is 4.30. The van der Waals surface area contributed by atoms with Gasteiger partial charge in [0.1, 0.15) is 11.3 Å². The zero-order chi connectivity index (χ0) is 20.6. The fraction of sp³-hybridized carbons (Fsp3) is 0.562. The first-order valence-corrected chi connectivity index (χ1v) is 8.37. The number of ether oxygens (including phenoxy) is 1. The van der Waals surface area contributed by atoms with Gasteiger partial charge in [0.25, 0.3) is 11.8 Å². The van der Waals surface area contributed by atoms with Gasteiger partial charge < -0.3 is 14.3 Å². The van der Waals surface area contributed by atoms with E-state index in [2.05, 4.69) is 15.2 Å². The molecule has 4 bridgehead atoms. The fourth-order valence-electron chi connectivity index (χ4n) is 2.75. The van der Waals surface area contributed by atoms with Crippen molar-refractivity contribution >= 4 is 0 Å². The standard InChI is InChI=1S/C16H15F6N3O3/c17-15(18,19)9-5-6-10-12-24-25-13(28-12)14(26,16(20,21)22)7-3-1-2-4-8-27-11(9)23-10/h5-6,26H,1-4,7-8H2. The number of aliphatic hydroxyl groups is 1. The first kappa shape index (κ1) is 20.4. The lowest BCUT2D eigenvalue weighted by atomic mass is 9.95. The van der Waals surface area contributed by atoms with Gasteiger partial charge in [0.05, 0.1) is 6.61 Å². The quantitative estimate of drug-likeness (QED) is 0.653. The number of hydrogen-bond donors (Lipinski definition) is 1. The molecule has 154 valence electrons. The number of aromatic nitrogens is 3. The Bertz CT molecular complexity index is 836. The van der Waals surface area contributed by atoms with Gasteiger partial charge in [-0.1, -0.05) is 12.8 Å². The van der Waals surface area contributed by atoms with Crippen LogP contribution in [-0.2, 0) is 11.8 Å². The zero-order valence-corrected chi connectivity index (χ0v) is 14.3. The molecule has 0 aromatic carbocycles. The van der Waals surface area contributed by atoms with E-state index < -0.39 is 47.6 Å². The molecule has 1 N–H and O–H groups in total. The average Bonchev–Trinajstić information content (AvgIpc) is 3.08. The molecule has 1 unspecified atom stereocenters. The topological polar surface area (TPSA) is 81.3 Å². The maximum atomic E-state index is 13.4. The minimum atomic E-state index is -5.07. The maximum Gasteiger partial charge on any atom is 0.426 e. The SMILES string of the molecule is OC1(C(F)(F)F)CCCCCCOc2nc(ccc2C(F)(F)F)-c2nnc1o2. The van der Waals surface area contributed by atoms with Crippen molar-refractivity contribution in [2.24, 2.45) is 0 Å². The van der Waals surface area contributed by atoms with E-state index in [9.17, 15) is 31.4 Å². The molecule has 3 rings (SSSR count). The monoisotopic (exact) mass is 411 g/mol. The van der Waals surface area contributed by atoms with Crippen molar-refractivity contribution in [3.05, 3.63) is 23.6 Å². The molecule has 1 aliphatic rings. The van der Waals surface area contributed by atoms with Crippen molar-refractivity contribution in [1.82, 2.24) is 15.2 Å². The van der Waals surface area contributed by atoms with Crippen LogP contribution >= 0.6 is 0 Å². The third-order valence-electron chi connectivity index (χ3n) is 4.30. The highest BCUT2D eigenvalue weighted by Crippen LogP contribution is 2.43. The zero-order valence-electron chi connectivity index (χ0n) is 14.3. The predicted molar refractivity (Wildman–Crippen MR) is 81.1 cm³/mol. The minimum absolute atomic E-state index is 0.00886. The Morgan fingerprint density at radius 3 is 2.36 bits per heavy atom. The highest BCUT2D eigenvalue weighted by molar-refractivity contribution is 5.50. The number of hydrogen-bond acceptors (Lipinski definition) is 6. The molecule has 0 radical (unpaired) electrons. The fourth-order valence-corrected chi connectivity index (χ4v) is 2.75. The first-order chi connectivity index (χ1) is 13.0. The van der Waals surface area contributed by atoms with Gasteiger partial charge in [0, 0.05) is 0 Å². The highest BCUT2D eigenvalue weighted by atomic mass is 19.4. The normalized spacial score (nSPS) is 21.7. The van der Waals surface area contributed by atoms with E-state index in [-0.39, 0.29) is 18.7 Å². The lowest BCUT2D eigenvalue weighted by Gasteiger charge is -2.26. The lowest BCUT2D eigenvalue weighted by molar-refractivity contribution is -0.277. The summed E-state index contributed by atoms with van der Waals surface area (Å²) in [4.78, 5) is 3.68. The molecule has 28 heavy (non-hydrogen) atoms. The summed E-state index contributed by atoms with van der Waals surface area (Å²) in [6.07, 6.45) is -9.51. The third kappa shape index (κ3) is 3.91. The van der Waals surface area contributed by atoms with Crippen LogP contribution in [0.4, 0.5) is 26.3 Å². The van der Waals surface area contributed by atoms with E-state index in [1.54, 1.807) is 0 Å². The Morgan fingerprint density at radius 2 is 1.68 bits per heavy atom. The van der Waals surface area contributed by atoms with E-state index in [0.717, 1.165) is 6.07 Å². The first-order valence-electron chi connectivity index (χ1n) is 8.37. The van der Waals surface area contributed by atoms with Gasteiger partial charge in [-0.2, -0.15) is 26.3 Å². The molecule has 2 aromatic rings. The van der Waals surface area contributed by atoms with Crippen LogP contribution in [0.15, 0.2) is 16.5 Å². The van der Waals surface area contributed by atoms with E-state index in [1.807, 2.05) is 0 Å². The van der Waals surface area contributed by atoms with Gasteiger partial charge in [0.15, 0.2) is 0 Å². The van der Waals surface area contributed by atoms with E-state index in [1.165, 1.54) is 0 Å². The summed E-state index contributed by atoms with van der Waals surface area (Å²) in [6, 6.07) is 1.55. The summed E-state index contributed by atoms with van der Waals surface area (Å²) >= 11 is 0. The molecule has 1 aliphatic heterocycles. The molecule has 6 nitrogen and oxygen atoms in total. The number of fused-ring (bicyclic) bond motifs is 5. The van der Waals surface area contributed by atoms with Gasteiger partial charge in [-0.05, 0) is 31.4 Å². The van der Waals surface area contributed by atoms with Crippen LogP contribution in [0.3, 0.4) is 0 Å². The van der Waals surface area contributed by atoms with E-state index in [4.69, 9.17) is 9.15 Å². The molecule has 0 fully saturated rings. The van der Waals surface area contributed by atoms with Crippen molar-refractivity contribution in [2.75, 3.05) is 6.61 Å². The van der Waals surface area contributed by atoms with Crippen LogP contribution in [-0.4, -0.2) is 33.1 Å². The van der Waals surface area contributed by atoms with Crippen LogP contribution in [0.1, 0.15) is 43.6 Å².